The van der Waals surface area contributed by atoms with E-state index in [4.69, 9.17) is 6.42 Å². The van der Waals surface area contributed by atoms with E-state index in [1.165, 1.54) is 24.3 Å². The molecule has 1 fully saturated rings. The van der Waals surface area contributed by atoms with Gasteiger partial charge in [-0.05, 0) is 37.1 Å². The zero-order valence-corrected chi connectivity index (χ0v) is 15.3. The fraction of sp³-hybridized carbons (Fsp3) is 0.444. The lowest BCUT2D eigenvalue weighted by atomic mass is 10.2. The van der Waals surface area contributed by atoms with Gasteiger partial charge in [-0.15, -0.1) is 6.42 Å². The summed E-state index contributed by atoms with van der Waals surface area (Å²) < 4.78 is 26.1. The summed E-state index contributed by atoms with van der Waals surface area (Å²) in [6.07, 6.45) is 8.58. The second-order valence-corrected chi connectivity index (χ2v) is 7.77. The molecule has 1 aromatic rings. The number of amides is 2. The number of carbonyl (C=O) groups is 2. The molecule has 0 aromatic heterocycles. The van der Waals surface area contributed by atoms with Crippen molar-refractivity contribution in [2.24, 2.45) is 0 Å². The summed E-state index contributed by atoms with van der Waals surface area (Å²) >= 11 is 0. The van der Waals surface area contributed by atoms with E-state index >= 15 is 0 Å². The minimum absolute atomic E-state index is 0.0412. The van der Waals surface area contributed by atoms with Crippen LogP contribution in [-0.4, -0.2) is 51.3 Å². The van der Waals surface area contributed by atoms with Crippen molar-refractivity contribution in [1.29, 1.82) is 0 Å². The van der Waals surface area contributed by atoms with Crippen molar-refractivity contribution >= 4 is 21.8 Å². The van der Waals surface area contributed by atoms with Gasteiger partial charge in [0, 0.05) is 31.6 Å². The first kappa shape index (κ1) is 19.9. The molecule has 1 aromatic carbocycles. The van der Waals surface area contributed by atoms with Crippen LogP contribution in [0.4, 0.5) is 0 Å². The van der Waals surface area contributed by atoms with Crippen LogP contribution in [0.5, 0.6) is 0 Å². The molecule has 2 N–H and O–H groups in total. The van der Waals surface area contributed by atoms with Gasteiger partial charge >= 0.3 is 0 Å². The number of carbonyl (C=O) groups excluding carboxylic acids is 2. The predicted octanol–water partition coefficient (Wildman–Crippen LogP) is 0.731. The van der Waals surface area contributed by atoms with Gasteiger partial charge in [-0.3, -0.25) is 9.59 Å². The third-order valence-electron chi connectivity index (χ3n) is 4.13. The normalized spacial score (nSPS) is 15.2. The molecular formula is C18H23N3O4S. The van der Waals surface area contributed by atoms with Crippen LogP contribution in [0.3, 0.4) is 0 Å². The molecule has 140 valence electrons. The van der Waals surface area contributed by atoms with E-state index in [9.17, 15) is 18.0 Å². The molecule has 0 saturated carbocycles. The van der Waals surface area contributed by atoms with Gasteiger partial charge in [0.25, 0.3) is 5.91 Å². The van der Waals surface area contributed by atoms with E-state index in [-0.39, 0.29) is 23.3 Å². The molecule has 2 rings (SSSR count). The monoisotopic (exact) mass is 377 g/mol. The Kier molecular flexibility index (Phi) is 7.18. The van der Waals surface area contributed by atoms with Crippen LogP contribution in [0.1, 0.15) is 36.0 Å². The third kappa shape index (κ3) is 5.58. The number of terminal acetylenes is 1. The summed E-state index contributed by atoms with van der Waals surface area (Å²) in [5, 5.41) is 2.76. The van der Waals surface area contributed by atoms with Gasteiger partial charge < -0.3 is 10.2 Å². The SMILES string of the molecule is C#CCNS(=O)(=O)c1ccc(C(=O)NCCN2CCCCCC2=O)cc1. The van der Waals surface area contributed by atoms with Crippen molar-refractivity contribution in [3.05, 3.63) is 29.8 Å². The van der Waals surface area contributed by atoms with E-state index in [0.717, 1.165) is 25.8 Å². The summed E-state index contributed by atoms with van der Waals surface area (Å²) in [4.78, 5) is 25.9. The molecule has 26 heavy (non-hydrogen) atoms. The maximum Gasteiger partial charge on any atom is 0.251 e. The molecule has 0 radical (unpaired) electrons. The quantitative estimate of drug-likeness (QED) is 0.685. The standard InChI is InChI=1S/C18H23N3O4S/c1-2-11-20-26(24,25)16-9-7-15(8-10-16)18(23)19-12-14-21-13-5-3-4-6-17(21)22/h1,7-10,20H,3-6,11-14H2,(H,19,23). The number of hydrogen-bond acceptors (Lipinski definition) is 4. The minimum atomic E-state index is -3.67. The largest absolute Gasteiger partial charge is 0.350 e. The van der Waals surface area contributed by atoms with Crippen molar-refractivity contribution in [3.8, 4) is 12.3 Å². The summed E-state index contributed by atoms with van der Waals surface area (Å²) in [7, 11) is -3.67. The van der Waals surface area contributed by atoms with Crippen molar-refractivity contribution in [1.82, 2.24) is 14.9 Å². The molecule has 0 unspecified atom stereocenters. The average Bonchev–Trinajstić information content (AvgIpc) is 2.84. The van der Waals surface area contributed by atoms with Crippen LogP contribution in [0.15, 0.2) is 29.2 Å². The summed E-state index contributed by atoms with van der Waals surface area (Å²) in [5.74, 6) is 2.02. The van der Waals surface area contributed by atoms with E-state index in [1.54, 1.807) is 4.90 Å². The van der Waals surface area contributed by atoms with Crippen molar-refractivity contribution < 1.29 is 18.0 Å². The Hall–Kier alpha value is -2.37. The number of likely N-dealkylation sites (tertiary alicyclic amines) is 1. The molecule has 0 bridgehead atoms. The van der Waals surface area contributed by atoms with Crippen LogP contribution >= 0.6 is 0 Å². The van der Waals surface area contributed by atoms with Crippen LogP contribution < -0.4 is 10.0 Å². The Bertz CT molecular complexity index is 782. The summed E-state index contributed by atoms with van der Waals surface area (Å²) in [6.45, 7) is 1.47. The smallest absolute Gasteiger partial charge is 0.251 e. The maximum atomic E-state index is 12.2. The molecule has 1 aliphatic heterocycles. The van der Waals surface area contributed by atoms with Gasteiger partial charge in [-0.1, -0.05) is 12.3 Å². The summed E-state index contributed by atoms with van der Waals surface area (Å²) in [5.41, 5.74) is 0.350. The molecule has 0 aliphatic carbocycles. The van der Waals surface area contributed by atoms with Gasteiger partial charge in [0.1, 0.15) is 0 Å². The molecule has 8 heteroatoms. The molecule has 1 saturated heterocycles. The highest BCUT2D eigenvalue weighted by Crippen LogP contribution is 2.11. The first-order chi connectivity index (χ1) is 12.4. The number of benzene rings is 1. The van der Waals surface area contributed by atoms with Crippen LogP contribution in [-0.2, 0) is 14.8 Å². The van der Waals surface area contributed by atoms with E-state index < -0.39 is 10.0 Å². The highest BCUT2D eigenvalue weighted by atomic mass is 32.2. The van der Waals surface area contributed by atoms with Crippen LogP contribution in [0.2, 0.25) is 0 Å². The van der Waals surface area contributed by atoms with Gasteiger partial charge in [0.05, 0.1) is 11.4 Å². The van der Waals surface area contributed by atoms with Gasteiger partial charge in [-0.25, -0.2) is 8.42 Å². The average molecular weight is 377 g/mol. The van der Waals surface area contributed by atoms with Gasteiger partial charge in [-0.2, -0.15) is 4.72 Å². The first-order valence-electron chi connectivity index (χ1n) is 8.53. The van der Waals surface area contributed by atoms with Gasteiger partial charge in [0.15, 0.2) is 0 Å². The van der Waals surface area contributed by atoms with Gasteiger partial charge in [0.2, 0.25) is 15.9 Å². The third-order valence-corrected chi connectivity index (χ3v) is 5.55. The van der Waals surface area contributed by atoms with E-state index in [0.29, 0.717) is 25.1 Å². The zero-order valence-electron chi connectivity index (χ0n) is 14.5. The lowest BCUT2D eigenvalue weighted by Crippen LogP contribution is -2.38. The van der Waals surface area contributed by atoms with E-state index in [2.05, 4.69) is 16.0 Å². The van der Waals surface area contributed by atoms with Crippen molar-refractivity contribution in [2.75, 3.05) is 26.2 Å². The van der Waals surface area contributed by atoms with Crippen molar-refractivity contribution in [2.45, 2.75) is 30.6 Å². The molecule has 1 heterocycles. The van der Waals surface area contributed by atoms with E-state index in [1.807, 2.05) is 0 Å². The number of nitrogens with one attached hydrogen (secondary N) is 2. The molecule has 0 atom stereocenters. The second-order valence-electron chi connectivity index (χ2n) is 6.00. The van der Waals surface area contributed by atoms with Crippen LogP contribution in [0.25, 0.3) is 0 Å². The molecule has 2 amide bonds. The first-order valence-corrected chi connectivity index (χ1v) is 10.0. The molecule has 7 nitrogen and oxygen atoms in total. The Labute approximate surface area is 154 Å². The molecular weight excluding hydrogens is 354 g/mol. The Morgan fingerprint density at radius 1 is 1.19 bits per heavy atom. The number of nitrogens with zero attached hydrogens (tertiary/aromatic N) is 1. The maximum absolute atomic E-state index is 12.2. The second kappa shape index (κ2) is 9.36. The molecule has 0 spiro atoms. The number of hydrogen-bond donors (Lipinski definition) is 2. The Morgan fingerprint density at radius 2 is 1.92 bits per heavy atom. The van der Waals surface area contributed by atoms with Crippen molar-refractivity contribution in [3.63, 3.8) is 0 Å². The minimum Gasteiger partial charge on any atom is -0.350 e. The lowest BCUT2D eigenvalue weighted by Gasteiger charge is -2.20. The predicted molar refractivity (Wildman–Crippen MR) is 97.8 cm³/mol. The number of sulfonamides is 1. The fourth-order valence-electron chi connectivity index (χ4n) is 2.69. The zero-order chi connectivity index (χ0) is 19.0. The molecule has 1 aliphatic rings. The highest BCUT2D eigenvalue weighted by Gasteiger charge is 2.17. The highest BCUT2D eigenvalue weighted by molar-refractivity contribution is 7.89. The number of rotatable bonds is 7. The van der Waals surface area contributed by atoms with Crippen LogP contribution in [0, 0.1) is 12.3 Å². The lowest BCUT2D eigenvalue weighted by molar-refractivity contribution is -0.130. The fourth-order valence-corrected chi connectivity index (χ4v) is 3.62. The topological polar surface area (TPSA) is 95.6 Å². The Morgan fingerprint density at radius 3 is 2.62 bits per heavy atom. The Balaban J connectivity index is 1.88. The summed E-state index contributed by atoms with van der Waals surface area (Å²) in [6, 6.07) is 5.59.